The molecule has 0 radical (unpaired) electrons. The molecule has 0 spiro atoms. The van der Waals surface area contributed by atoms with E-state index >= 15 is 0 Å². The number of aliphatic hydroxyl groups excluding tert-OH is 2. The molecule has 0 fully saturated rings. The molecule has 10 N–H and O–H groups in total. The van der Waals surface area contributed by atoms with Gasteiger partial charge in [-0.25, -0.2) is 4.79 Å². The highest BCUT2D eigenvalue weighted by Gasteiger charge is 2.32. The van der Waals surface area contributed by atoms with Gasteiger partial charge in [-0.3, -0.25) is 19.2 Å². The standard InChI is InChI=1S/C16H29N5O8S/c1-6(22)11(18)14(26)19-8(3-4-10(17)24)13(25)21-12(7(2)23)15(27)20-9(5-30)16(28)29/h6-9,11-12,22-23,30H,3-5,18H2,1-2H3,(H2,17,24)(H,19,26)(H,20,27)(H,21,25)(H,28,29). The van der Waals surface area contributed by atoms with Crippen LogP contribution >= 0.6 is 12.6 Å². The van der Waals surface area contributed by atoms with Gasteiger partial charge >= 0.3 is 5.97 Å². The van der Waals surface area contributed by atoms with Crippen LogP contribution in [0.5, 0.6) is 0 Å². The summed E-state index contributed by atoms with van der Waals surface area (Å²) >= 11 is 3.80. The quantitative estimate of drug-likeness (QED) is 0.123. The summed E-state index contributed by atoms with van der Waals surface area (Å²) in [6.07, 6.45) is -3.21. The van der Waals surface area contributed by atoms with E-state index in [2.05, 4.69) is 28.6 Å². The maximum absolute atomic E-state index is 12.6. The second-order valence-electron chi connectivity index (χ2n) is 6.64. The zero-order valence-corrected chi connectivity index (χ0v) is 17.5. The van der Waals surface area contributed by atoms with Gasteiger partial charge in [0.25, 0.3) is 0 Å². The third kappa shape index (κ3) is 9.39. The van der Waals surface area contributed by atoms with E-state index in [9.17, 15) is 34.2 Å². The van der Waals surface area contributed by atoms with Crippen molar-refractivity contribution in [1.29, 1.82) is 0 Å². The summed E-state index contributed by atoms with van der Waals surface area (Å²) in [5.74, 6) is -5.22. The number of nitrogens with two attached hydrogens (primary N) is 2. The van der Waals surface area contributed by atoms with Crippen LogP contribution in [0.25, 0.3) is 0 Å². The van der Waals surface area contributed by atoms with Crippen molar-refractivity contribution in [2.24, 2.45) is 11.5 Å². The third-order valence-corrected chi connectivity index (χ3v) is 4.36. The van der Waals surface area contributed by atoms with Crippen molar-refractivity contribution in [2.45, 2.75) is 63.1 Å². The summed E-state index contributed by atoms with van der Waals surface area (Å²) in [4.78, 5) is 59.1. The van der Waals surface area contributed by atoms with Crippen molar-refractivity contribution in [3.63, 3.8) is 0 Å². The number of carboxylic acid groups (broad SMARTS) is 1. The highest BCUT2D eigenvalue weighted by Crippen LogP contribution is 2.03. The second kappa shape index (κ2) is 13.0. The molecule has 6 unspecified atom stereocenters. The minimum atomic E-state index is -1.57. The molecule has 0 saturated heterocycles. The summed E-state index contributed by atoms with van der Waals surface area (Å²) in [5, 5.41) is 34.8. The minimum absolute atomic E-state index is 0.240. The summed E-state index contributed by atoms with van der Waals surface area (Å²) < 4.78 is 0. The first kappa shape index (κ1) is 27.6. The molecule has 14 heteroatoms. The number of amides is 4. The number of carboxylic acids is 1. The fourth-order valence-corrected chi connectivity index (χ4v) is 2.40. The Bertz CT molecular complexity index is 645. The van der Waals surface area contributed by atoms with Crippen LogP contribution in [0.15, 0.2) is 0 Å². The van der Waals surface area contributed by atoms with Crippen molar-refractivity contribution >= 4 is 42.2 Å². The Morgan fingerprint density at radius 1 is 0.900 bits per heavy atom. The number of rotatable bonds is 13. The predicted molar refractivity (Wildman–Crippen MR) is 107 cm³/mol. The van der Waals surface area contributed by atoms with Gasteiger partial charge in [0, 0.05) is 12.2 Å². The van der Waals surface area contributed by atoms with Crippen molar-refractivity contribution in [3.05, 3.63) is 0 Å². The molecule has 30 heavy (non-hydrogen) atoms. The molecule has 0 aliphatic carbocycles. The monoisotopic (exact) mass is 451 g/mol. The maximum atomic E-state index is 12.6. The number of carbonyl (C=O) groups is 5. The van der Waals surface area contributed by atoms with Gasteiger partial charge in [0.1, 0.15) is 24.2 Å². The number of hydrogen-bond acceptors (Lipinski definition) is 9. The first-order chi connectivity index (χ1) is 13.8. The van der Waals surface area contributed by atoms with E-state index in [-0.39, 0.29) is 18.6 Å². The molecular formula is C16H29N5O8S. The summed E-state index contributed by atoms with van der Waals surface area (Å²) in [5.41, 5.74) is 10.6. The molecule has 13 nitrogen and oxygen atoms in total. The number of nitrogens with one attached hydrogen (secondary N) is 3. The van der Waals surface area contributed by atoms with E-state index in [0.717, 1.165) is 0 Å². The Morgan fingerprint density at radius 3 is 1.83 bits per heavy atom. The molecule has 4 amide bonds. The first-order valence-corrected chi connectivity index (χ1v) is 9.59. The SMILES string of the molecule is CC(O)C(N)C(=O)NC(CCC(N)=O)C(=O)NC(C(=O)NC(CS)C(=O)O)C(C)O. The summed E-state index contributed by atoms with van der Waals surface area (Å²) in [6, 6.07) is -5.67. The molecule has 0 aromatic heterocycles. The van der Waals surface area contributed by atoms with E-state index in [1.165, 1.54) is 13.8 Å². The van der Waals surface area contributed by atoms with Crippen molar-refractivity contribution in [3.8, 4) is 0 Å². The van der Waals surface area contributed by atoms with E-state index in [4.69, 9.17) is 16.6 Å². The van der Waals surface area contributed by atoms with E-state index in [1.54, 1.807) is 0 Å². The van der Waals surface area contributed by atoms with Crippen molar-refractivity contribution in [2.75, 3.05) is 5.75 Å². The van der Waals surface area contributed by atoms with Crippen LogP contribution in [-0.2, 0) is 24.0 Å². The van der Waals surface area contributed by atoms with Crippen LogP contribution in [0.3, 0.4) is 0 Å². The predicted octanol–water partition coefficient (Wildman–Crippen LogP) is -4.19. The van der Waals surface area contributed by atoms with Crippen molar-refractivity contribution in [1.82, 2.24) is 16.0 Å². The fourth-order valence-electron chi connectivity index (χ4n) is 2.15. The second-order valence-corrected chi connectivity index (χ2v) is 7.01. The van der Waals surface area contributed by atoms with Gasteiger partial charge in [0.05, 0.1) is 12.2 Å². The highest BCUT2D eigenvalue weighted by atomic mass is 32.1. The van der Waals surface area contributed by atoms with Gasteiger partial charge in [-0.2, -0.15) is 12.6 Å². The van der Waals surface area contributed by atoms with Gasteiger partial charge in [-0.1, -0.05) is 0 Å². The number of carbonyl (C=O) groups excluding carboxylic acids is 4. The Kier molecular flexibility index (Phi) is 11.9. The molecule has 0 aliphatic heterocycles. The number of thiol groups is 1. The average molecular weight is 452 g/mol. The normalized spacial score (nSPS) is 16.9. The fraction of sp³-hybridized carbons (Fsp3) is 0.688. The van der Waals surface area contributed by atoms with Crippen LogP contribution in [0.2, 0.25) is 0 Å². The van der Waals surface area contributed by atoms with Gasteiger partial charge in [-0.15, -0.1) is 0 Å². The summed E-state index contributed by atoms with van der Waals surface area (Å²) in [7, 11) is 0. The molecule has 172 valence electrons. The molecular weight excluding hydrogens is 422 g/mol. The molecule has 0 rings (SSSR count). The Balaban J connectivity index is 5.41. The van der Waals surface area contributed by atoms with Crippen LogP contribution in [0, 0.1) is 0 Å². The average Bonchev–Trinajstić information content (AvgIpc) is 2.65. The number of primary amides is 1. The van der Waals surface area contributed by atoms with E-state index in [0.29, 0.717) is 0 Å². The molecule has 0 aliphatic rings. The molecule has 0 aromatic carbocycles. The lowest BCUT2D eigenvalue weighted by molar-refractivity contribution is -0.142. The lowest BCUT2D eigenvalue weighted by Gasteiger charge is -2.26. The topological polar surface area (TPSA) is 234 Å². The Hall–Kier alpha value is -2.42. The highest BCUT2D eigenvalue weighted by molar-refractivity contribution is 7.80. The number of aliphatic hydroxyl groups is 2. The molecule has 0 heterocycles. The lowest BCUT2D eigenvalue weighted by atomic mass is 10.1. The Labute approximate surface area is 178 Å². The van der Waals surface area contributed by atoms with Gasteiger partial charge in [-0.05, 0) is 20.3 Å². The maximum Gasteiger partial charge on any atom is 0.327 e. The first-order valence-electron chi connectivity index (χ1n) is 8.96. The van der Waals surface area contributed by atoms with Crippen molar-refractivity contribution < 1.29 is 39.3 Å². The van der Waals surface area contributed by atoms with Crippen LogP contribution < -0.4 is 27.4 Å². The zero-order valence-electron chi connectivity index (χ0n) is 16.6. The van der Waals surface area contributed by atoms with Crippen LogP contribution in [0.1, 0.15) is 26.7 Å². The van der Waals surface area contributed by atoms with Crippen LogP contribution in [0.4, 0.5) is 0 Å². The van der Waals surface area contributed by atoms with Gasteiger partial charge in [0.15, 0.2) is 0 Å². The van der Waals surface area contributed by atoms with E-state index in [1.807, 2.05) is 0 Å². The molecule has 6 atom stereocenters. The molecule has 0 aromatic rings. The minimum Gasteiger partial charge on any atom is -0.480 e. The number of hydrogen-bond donors (Lipinski definition) is 9. The van der Waals surface area contributed by atoms with Gasteiger partial charge < -0.3 is 42.7 Å². The van der Waals surface area contributed by atoms with E-state index < -0.39 is 66.0 Å². The lowest BCUT2D eigenvalue weighted by Crippen LogP contribution is -2.60. The molecule has 0 saturated carbocycles. The summed E-state index contributed by atoms with van der Waals surface area (Å²) in [6.45, 7) is 2.44. The third-order valence-electron chi connectivity index (χ3n) is 3.99. The van der Waals surface area contributed by atoms with Gasteiger partial charge in [0.2, 0.25) is 23.6 Å². The number of aliphatic carboxylic acids is 1. The molecule has 0 bridgehead atoms. The zero-order chi connectivity index (χ0) is 23.6. The van der Waals surface area contributed by atoms with Crippen LogP contribution in [-0.4, -0.2) is 87.0 Å². The Morgan fingerprint density at radius 2 is 1.43 bits per heavy atom. The largest absolute Gasteiger partial charge is 0.480 e. The smallest absolute Gasteiger partial charge is 0.327 e.